The van der Waals surface area contributed by atoms with Crippen molar-refractivity contribution in [2.45, 2.75) is 6.29 Å². The van der Waals surface area contributed by atoms with Crippen molar-refractivity contribution in [3.05, 3.63) is 29.6 Å². The van der Waals surface area contributed by atoms with Gasteiger partial charge in [0, 0.05) is 11.8 Å². The van der Waals surface area contributed by atoms with E-state index in [0.717, 1.165) is 0 Å². The molecule has 1 aromatic heterocycles. The van der Waals surface area contributed by atoms with Crippen LogP contribution in [0.25, 0.3) is 0 Å². The largest absolute Gasteiger partial charge is 0.364 e. The van der Waals surface area contributed by atoms with Crippen LogP contribution in [0, 0.1) is 0 Å². The number of carbonyl (C=O) groups excluding carboxylic acids is 1. The van der Waals surface area contributed by atoms with Gasteiger partial charge in [-0.25, -0.2) is 0 Å². The second kappa shape index (κ2) is 3.23. The summed E-state index contributed by atoms with van der Waals surface area (Å²) in [4.78, 5) is 13.7. The second-order valence-electron chi connectivity index (χ2n) is 2.01. The minimum absolute atomic E-state index is 0.273. The van der Waals surface area contributed by atoms with Crippen LogP contribution in [0.4, 0.5) is 0 Å². The van der Waals surface area contributed by atoms with E-state index >= 15 is 0 Å². The first kappa shape index (κ1) is 7.84. The summed E-state index contributed by atoms with van der Waals surface area (Å²) in [6.07, 6.45) is 0.310. The van der Waals surface area contributed by atoms with Crippen LogP contribution in [-0.2, 0) is 0 Å². The molecule has 2 N–H and O–H groups in total. The van der Waals surface area contributed by atoms with Crippen LogP contribution in [0.2, 0.25) is 0 Å². The quantitative estimate of drug-likeness (QED) is 0.459. The minimum Gasteiger partial charge on any atom is -0.364 e. The van der Waals surface area contributed by atoms with Crippen LogP contribution in [0.1, 0.15) is 22.3 Å². The Bertz CT molecular complexity index is 242. The average molecular weight is 153 g/mol. The van der Waals surface area contributed by atoms with Crippen molar-refractivity contribution >= 4 is 6.29 Å². The maximum absolute atomic E-state index is 10.1. The van der Waals surface area contributed by atoms with Gasteiger partial charge in [-0.1, -0.05) is 6.07 Å². The molecule has 0 aliphatic rings. The Balaban J connectivity index is 2.91. The fourth-order valence-electron chi connectivity index (χ4n) is 0.639. The van der Waals surface area contributed by atoms with Crippen molar-refractivity contribution in [3.63, 3.8) is 0 Å². The lowest BCUT2D eigenvalue weighted by Gasteiger charge is -2.00. The van der Waals surface area contributed by atoms with E-state index in [1.54, 1.807) is 0 Å². The van der Waals surface area contributed by atoms with Crippen LogP contribution in [0.5, 0.6) is 0 Å². The van der Waals surface area contributed by atoms with Gasteiger partial charge in [0.25, 0.3) is 0 Å². The lowest BCUT2D eigenvalue weighted by Crippen LogP contribution is -1.96. The van der Waals surface area contributed by atoms with Crippen LogP contribution in [0.15, 0.2) is 18.3 Å². The van der Waals surface area contributed by atoms with Gasteiger partial charge < -0.3 is 10.2 Å². The molecule has 0 radical (unpaired) electrons. The number of aliphatic hydroxyl groups excluding tert-OH is 1. The van der Waals surface area contributed by atoms with E-state index in [-0.39, 0.29) is 11.3 Å². The lowest BCUT2D eigenvalue weighted by molar-refractivity contribution is -0.0427. The smallest absolute Gasteiger partial charge is 0.179 e. The first-order valence-electron chi connectivity index (χ1n) is 3.01. The molecule has 0 fully saturated rings. The van der Waals surface area contributed by atoms with E-state index in [0.29, 0.717) is 6.29 Å². The summed E-state index contributed by atoms with van der Waals surface area (Å²) in [6, 6.07) is 2.85. The lowest BCUT2D eigenvalue weighted by atomic mass is 10.2. The topological polar surface area (TPSA) is 70.4 Å². The van der Waals surface area contributed by atoms with Crippen LogP contribution in [-0.4, -0.2) is 21.5 Å². The Hall–Kier alpha value is -1.26. The molecule has 11 heavy (non-hydrogen) atoms. The van der Waals surface area contributed by atoms with Crippen molar-refractivity contribution in [2.75, 3.05) is 0 Å². The molecule has 4 nitrogen and oxygen atoms in total. The summed E-state index contributed by atoms with van der Waals surface area (Å²) >= 11 is 0. The number of aliphatic hydroxyl groups is 2. The van der Waals surface area contributed by atoms with Gasteiger partial charge in [-0.3, -0.25) is 9.78 Å². The van der Waals surface area contributed by atoms with Gasteiger partial charge in [0.1, 0.15) is 5.69 Å². The fourth-order valence-corrected chi connectivity index (χ4v) is 0.639. The normalized spacial score (nSPS) is 10.1. The van der Waals surface area contributed by atoms with E-state index in [1.165, 1.54) is 18.3 Å². The predicted octanol–water partition coefficient (Wildman–Crippen LogP) is -0.123. The Kier molecular flexibility index (Phi) is 2.30. The van der Waals surface area contributed by atoms with Gasteiger partial charge in [-0.05, 0) is 6.07 Å². The molecule has 4 heteroatoms. The highest BCUT2D eigenvalue weighted by Gasteiger charge is 2.01. The average Bonchev–Trinajstić information content (AvgIpc) is 2.05. The molecule has 0 bridgehead atoms. The van der Waals surface area contributed by atoms with Crippen molar-refractivity contribution in [2.24, 2.45) is 0 Å². The minimum atomic E-state index is -1.52. The summed E-state index contributed by atoms with van der Waals surface area (Å²) in [5.41, 5.74) is 0.546. The van der Waals surface area contributed by atoms with E-state index < -0.39 is 6.29 Å². The van der Waals surface area contributed by atoms with E-state index in [1.807, 2.05) is 0 Å². The molecule has 0 aromatic carbocycles. The van der Waals surface area contributed by atoms with E-state index in [4.69, 9.17) is 10.2 Å². The Labute approximate surface area is 63.1 Å². The highest BCUT2D eigenvalue weighted by atomic mass is 16.5. The van der Waals surface area contributed by atoms with Crippen LogP contribution in [0.3, 0.4) is 0 Å². The van der Waals surface area contributed by atoms with Crippen molar-refractivity contribution in [1.82, 2.24) is 4.98 Å². The summed E-state index contributed by atoms with van der Waals surface area (Å²) in [5, 5.41) is 17.2. The zero-order valence-corrected chi connectivity index (χ0v) is 5.64. The highest BCUT2D eigenvalue weighted by molar-refractivity contribution is 5.71. The van der Waals surface area contributed by atoms with Gasteiger partial charge >= 0.3 is 0 Å². The second-order valence-corrected chi connectivity index (χ2v) is 2.01. The molecular weight excluding hydrogens is 146 g/mol. The number of carbonyl (C=O) groups is 1. The molecule has 0 aliphatic carbocycles. The zero-order valence-electron chi connectivity index (χ0n) is 5.64. The number of hydrogen-bond acceptors (Lipinski definition) is 4. The summed E-state index contributed by atoms with van der Waals surface area (Å²) in [5.74, 6) is 0. The van der Waals surface area contributed by atoms with Crippen molar-refractivity contribution in [3.8, 4) is 0 Å². The molecule has 0 saturated carbocycles. The Morgan fingerprint density at radius 1 is 1.45 bits per heavy atom. The van der Waals surface area contributed by atoms with Crippen LogP contribution < -0.4 is 0 Å². The highest BCUT2D eigenvalue weighted by Crippen LogP contribution is 2.06. The molecular formula is C7H7NO3. The zero-order chi connectivity index (χ0) is 8.27. The monoisotopic (exact) mass is 153 g/mol. The molecule has 0 atom stereocenters. The van der Waals surface area contributed by atoms with Gasteiger partial charge in [0.05, 0.1) is 0 Å². The first-order valence-corrected chi connectivity index (χ1v) is 3.01. The molecule has 1 aromatic rings. The number of rotatable bonds is 2. The van der Waals surface area contributed by atoms with Crippen LogP contribution >= 0.6 is 0 Å². The number of pyridine rings is 1. The Morgan fingerprint density at radius 3 is 2.55 bits per heavy atom. The van der Waals surface area contributed by atoms with Crippen molar-refractivity contribution in [1.29, 1.82) is 0 Å². The summed E-state index contributed by atoms with van der Waals surface area (Å²) in [7, 11) is 0. The number of aromatic nitrogens is 1. The maximum atomic E-state index is 10.1. The van der Waals surface area contributed by atoms with E-state index in [9.17, 15) is 4.79 Å². The number of nitrogens with zero attached hydrogens (tertiary/aromatic N) is 1. The van der Waals surface area contributed by atoms with E-state index in [2.05, 4.69) is 4.98 Å². The molecule has 0 amide bonds. The molecule has 0 saturated heterocycles. The third-order valence-electron chi connectivity index (χ3n) is 1.23. The maximum Gasteiger partial charge on any atom is 0.179 e. The standard InChI is InChI=1S/C7H7NO3/c9-4-6-2-1-5(3-8-6)7(10)11/h1-4,7,10-11H. The fraction of sp³-hybridized carbons (Fsp3) is 0.143. The molecule has 1 heterocycles. The van der Waals surface area contributed by atoms with Crippen molar-refractivity contribution < 1.29 is 15.0 Å². The van der Waals surface area contributed by atoms with Gasteiger partial charge in [-0.2, -0.15) is 0 Å². The molecule has 0 unspecified atom stereocenters. The number of aldehydes is 1. The number of hydrogen-bond donors (Lipinski definition) is 2. The third kappa shape index (κ3) is 1.83. The molecule has 0 aliphatic heterocycles. The predicted molar refractivity (Wildman–Crippen MR) is 36.8 cm³/mol. The van der Waals surface area contributed by atoms with Gasteiger partial charge in [0.15, 0.2) is 12.6 Å². The third-order valence-corrected chi connectivity index (χ3v) is 1.23. The van der Waals surface area contributed by atoms with Gasteiger partial charge in [-0.15, -0.1) is 0 Å². The molecule has 1 rings (SSSR count). The molecule has 0 spiro atoms. The summed E-state index contributed by atoms with van der Waals surface area (Å²) < 4.78 is 0. The molecule has 58 valence electrons. The first-order chi connectivity index (χ1) is 5.24. The van der Waals surface area contributed by atoms with Gasteiger partial charge in [0.2, 0.25) is 0 Å². The Morgan fingerprint density at radius 2 is 2.18 bits per heavy atom. The summed E-state index contributed by atoms with van der Waals surface area (Å²) in [6.45, 7) is 0. The SMILES string of the molecule is O=Cc1ccc(C(O)O)cn1.